The molecule has 8 N–H and O–H groups in total. The molecule has 1 aromatic rings. The van der Waals surface area contributed by atoms with Crippen molar-refractivity contribution in [1.82, 2.24) is 9.55 Å². The Morgan fingerprint density at radius 2 is 1.44 bits per heavy atom. The van der Waals surface area contributed by atoms with Gasteiger partial charge in [-0.05, 0) is 76.7 Å². The molecule has 2 unspecified atom stereocenters. The Balaban J connectivity index is 1.71. The van der Waals surface area contributed by atoms with E-state index < -0.39 is 120 Å². The van der Waals surface area contributed by atoms with Crippen LogP contribution in [0.5, 0.6) is 0 Å². The lowest BCUT2D eigenvalue weighted by molar-refractivity contribution is -0.186. The number of rotatable bonds is 26. The molecule has 23 heteroatoms. The highest BCUT2D eigenvalue weighted by Crippen LogP contribution is 2.60. The predicted molar refractivity (Wildman–Crippen MR) is 294 cm³/mol. The minimum atomic E-state index is -5.73. The van der Waals surface area contributed by atoms with Crippen LogP contribution in [0.25, 0.3) is 0 Å². The molecule has 0 spiro atoms. The number of Topliss-reactive ketones (excluding diaryl/α,β-unsaturated/α-hetero) is 1. The SMILES string of the molecule is CCCCCC/C=C\C/C=C\C/C=C\CCCCCCCCC(=O)O[C@@H]1COC(=O)CCC/C=C\C[C@@H]2[C@H](n3ccc(N)nc3=O)O[C@H](COP(=O)(O)OP(=O)(O)OC1)[C@@H](O)[C@@H](O)[C@@H](/C=C/[C@@H](O)CCCCC)C(=O)C[C@@H]2O. The van der Waals surface area contributed by atoms with Gasteiger partial charge in [-0.25, -0.2) is 13.9 Å². The van der Waals surface area contributed by atoms with E-state index in [-0.39, 0.29) is 37.9 Å². The first-order valence-corrected chi connectivity index (χ1v) is 30.9. The molecule has 1 saturated heterocycles. The average molecular weight is 1140 g/mol. The number of phosphoric ester groups is 2. The second-order valence-corrected chi connectivity index (χ2v) is 22.9. The topological polar surface area (TPSA) is 323 Å². The summed E-state index contributed by atoms with van der Waals surface area (Å²) in [7, 11) is -11.3. The number of allylic oxidation sites excluding steroid dienone is 8. The van der Waals surface area contributed by atoms with Gasteiger partial charge in [0.2, 0.25) is 0 Å². The Hall–Kier alpha value is -3.95. The molecule has 0 aromatic carbocycles. The monoisotopic (exact) mass is 1140 g/mol. The third-order valence-electron chi connectivity index (χ3n) is 13.2. The van der Waals surface area contributed by atoms with Crippen molar-refractivity contribution < 1.29 is 81.3 Å². The van der Waals surface area contributed by atoms with Gasteiger partial charge in [-0.3, -0.25) is 28.0 Å². The smallest absolute Gasteiger partial charge is 0.462 e. The molecule has 0 aliphatic carbocycles. The van der Waals surface area contributed by atoms with Crippen LogP contribution in [0, 0.1) is 11.8 Å². The van der Waals surface area contributed by atoms with Gasteiger partial charge in [0.1, 0.15) is 36.6 Å². The Morgan fingerprint density at radius 3 is 2.10 bits per heavy atom. The summed E-state index contributed by atoms with van der Waals surface area (Å²) >= 11 is 0. The number of carbonyl (C=O) groups is 3. The highest BCUT2D eigenvalue weighted by atomic mass is 31.3. The number of nitrogens with zero attached hydrogens (tertiary/aromatic N) is 2. The van der Waals surface area contributed by atoms with Crippen molar-refractivity contribution in [3.63, 3.8) is 0 Å². The molecule has 78 heavy (non-hydrogen) atoms. The van der Waals surface area contributed by atoms with Crippen LogP contribution in [0.2, 0.25) is 0 Å². The first-order chi connectivity index (χ1) is 37.4. The number of ketones is 1. The van der Waals surface area contributed by atoms with Crippen molar-refractivity contribution in [1.29, 1.82) is 0 Å². The summed E-state index contributed by atoms with van der Waals surface area (Å²) in [6, 6.07) is 1.23. The number of cyclic esters (lactones) is 1. The van der Waals surface area contributed by atoms with Gasteiger partial charge in [-0.2, -0.15) is 9.29 Å². The standard InChI is InChI=1S/C55H89N3O18P2/c1-3-5-7-8-9-10-11-12-13-14-15-16-17-18-19-20-21-22-23-29-33-51(63)74-43-39-71-50(62)32-28-25-24-27-31-45-47(61)38-46(60)44(35-34-42(59)30-26-6-4-2)52(64)53(65)48(41-73-78(69,70)76-77(67,68)72-40-43)75-54(45)58-37-36-49(56)57-55(58)66/h10-11,13-14,16-17,24,27,34-37,42-45,47-48,52-54,59,61,64-65H,3-9,12,15,18-23,25-26,28-33,38-41H2,1-2H3,(H,67,68)(H,69,70)(H2,56,57,66)/b11-10-,14-13-,17-16-,27-24-,35-34+/t42-,43+,44-,45-,47-,48+,52-,53+,54+/m0/s1. The summed E-state index contributed by atoms with van der Waals surface area (Å²) in [6.07, 6.45) is 24.5. The van der Waals surface area contributed by atoms with Gasteiger partial charge >= 0.3 is 33.3 Å². The molecule has 2 bridgehead atoms. The zero-order valence-corrected chi connectivity index (χ0v) is 47.5. The molecule has 11 atom stereocenters. The maximum Gasteiger partial charge on any atom is 0.481 e. The van der Waals surface area contributed by atoms with Crippen LogP contribution in [0.4, 0.5) is 5.82 Å². The Bertz CT molecular complexity index is 2220. The van der Waals surface area contributed by atoms with Crippen molar-refractivity contribution in [2.45, 2.75) is 211 Å². The van der Waals surface area contributed by atoms with Crippen LogP contribution in [0.1, 0.15) is 174 Å². The lowest BCUT2D eigenvalue weighted by Gasteiger charge is -2.39. The van der Waals surface area contributed by atoms with Gasteiger partial charge in [0.15, 0.2) is 6.10 Å². The number of esters is 2. The van der Waals surface area contributed by atoms with E-state index in [1.807, 2.05) is 6.92 Å². The summed E-state index contributed by atoms with van der Waals surface area (Å²) in [6.45, 7) is 1.41. The van der Waals surface area contributed by atoms with E-state index in [9.17, 15) is 58.5 Å². The zero-order chi connectivity index (χ0) is 57.2. The zero-order valence-electron chi connectivity index (χ0n) is 45.7. The fraction of sp³-hybridized carbons (Fsp3) is 0.691. The lowest BCUT2D eigenvalue weighted by Crippen LogP contribution is -2.51. The highest BCUT2D eigenvalue weighted by Gasteiger charge is 2.45. The third kappa shape index (κ3) is 28.5. The number of aliphatic hydroxyl groups excluding tert-OH is 4. The lowest BCUT2D eigenvalue weighted by atomic mass is 9.83. The van der Waals surface area contributed by atoms with Gasteiger partial charge < -0.3 is 50.2 Å². The number of nitrogens with two attached hydrogens (primary N) is 1. The van der Waals surface area contributed by atoms with E-state index in [0.717, 1.165) is 81.4 Å². The minimum absolute atomic E-state index is 0.0209. The maximum absolute atomic E-state index is 14.0. The van der Waals surface area contributed by atoms with Crippen LogP contribution in [-0.4, -0.2) is 114 Å². The van der Waals surface area contributed by atoms with Crippen LogP contribution in [0.3, 0.4) is 0 Å². The Kier molecular flexibility index (Phi) is 33.9. The molecule has 0 radical (unpaired) electrons. The molecular formula is C55H89N3O18P2. The molecule has 0 amide bonds. The quantitative estimate of drug-likeness (QED) is 0.0197. The van der Waals surface area contributed by atoms with Crippen molar-refractivity contribution in [3.05, 3.63) is 83.5 Å². The first kappa shape index (κ1) is 68.3. The molecule has 3 rings (SSSR count). The number of hydrogen-bond donors (Lipinski definition) is 7. The molecule has 2 aliphatic heterocycles. The summed E-state index contributed by atoms with van der Waals surface area (Å²) in [5, 5.41) is 45.8. The first-order valence-electron chi connectivity index (χ1n) is 27.9. The molecule has 1 aromatic heterocycles. The van der Waals surface area contributed by atoms with E-state index in [1.54, 1.807) is 12.2 Å². The number of unbranched alkanes of at least 4 members (excludes halogenated alkanes) is 12. The molecular weight excluding hydrogens is 1050 g/mol. The number of anilines is 1. The highest BCUT2D eigenvalue weighted by molar-refractivity contribution is 7.61. The minimum Gasteiger partial charge on any atom is -0.462 e. The normalized spacial score (nSPS) is 28.7. The van der Waals surface area contributed by atoms with E-state index in [4.69, 9.17) is 29.0 Å². The van der Waals surface area contributed by atoms with Gasteiger partial charge in [0.05, 0.1) is 37.4 Å². The molecule has 2 aliphatic rings. The number of phosphoric acid groups is 2. The molecule has 442 valence electrons. The number of nitrogen functional groups attached to an aromatic ring is 1. The van der Waals surface area contributed by atoms with E-state index in [1.165, 1.54) is 43.9 Å². The number of fused-ring (bicyclic) bond motifs is 3. The number of aliphatic hydroxyl groups is 4. The van der Waals surface area contributed by atoms with Crippen LogP contribution < -0.4 is 11.4 Å². The van der Waals surface area contributed by atoms with Crippen molar-refractivity contribution in [2.75, 3.05) is 25.6 Å². The van der Waals surface area contributed by atoms with Crippen LogP contribution in [0.15, 0.2) is 77.8 Å². The second kappa shape index (κ2) is 38.7. The van der Waals surface area contributed by atoms with Gasteiger partial charge in [0, 0.05) is 31.4 Å². The summed E-state index contributed by atoms with van der Waals surface area (Å²) in [4.78, 5) is 78.3. The van der Waals surface area contributed by atoms with Crippen molar-refractivity contribution in [2.24, 2.45) is 11.8 Å². The average Bonchev–Trinajstić information content (AvgIpc) is 3.41. The van der Waals surface area contributed by atoms with E-state index in [2.05, 4.69) is 52.7 Å². The van der Waals surface area contributed by atoms with Crippen molar-refractivity contribution >= 4 is 39.2 Å². The number of carbonyl (C=O) groups excluding carboxylic acids is 3. The van der Waals surface area contributed by atoms with Gasteiger partial charge in [0.25, 0.3) is 0 Å². The Morgan fingerprint density at radius 1 is 0.821 bits per heavy atom. The van der Waals surface area contributed by atoms with E-state index >= 15 is 0 Å². The van der Waals surface area contributed by atoms with Gasteiger partial charge in [-0.15, -0.1) is 0 Å². The van der Waals surface area contributed by atoms with Crippen LogP contribution in [-0.2, 0) is 51.1 Å². The van der Waals surface area contributed by atoms with Crippen molar-refractivity contribution in [3.8, 4) is 0 Å². The molecule has 0 saturated carbocycles. The summed E-state index contributed by atoms with van der Waals surface area (Å²) in [5.41, 5.74) is 4.75. The molecule has 3 heterocycles. The predicted octanol–water partition coefficient (Wildman–Crippen LogP) is 8.87. The second-order valence-electron chi connectivity index (χ2n) is 19.9. The molecule has 1 fully saturated rings. The number of hydrogen-bond acceptors (Lipinski definition) is 18. The molecule has 21 nitrogen and oxygen atoms in total. The fourth-order valence-corrected chi connectivity index (χ4v) is 10.8. The fourth-order valence-electron chi connectivity index (χ4n) is 8.72. The summed E-state index contributed by atoms with van der Waals surface area (Å²) < 4.78 is 59.1. The number of ether oxygens (including phenoxy) is 3. The van der Waals surface area contributed by atoms with Crippen LogP contribution >= 0.6 is 15.6 Å². The largest absolute Gasteiger partial charge is 0.481 e. The number of aromatic nitrogens is 2. The van der Waals surface area contributed by atoms with E-state index in [0.29, 0.717) is 19.3 Å². The third-order valence-corrected chi connectivity index (χ3v) is 15.8. The maximum atomic E-state index is 14.0. The Labute approximate surface area is 460 Å². The summed E-state index contributed by atoms with van der Waals surface area (Å²) in [5.74, 6) is -5.26. The van der Waals surface area contributed by atoms with Gasteiger partial charge in [-0.1, -0.05) is 139 Å².